The minimum atomic E-state index is -4.90. The molecule has 3 aromatic rings. The number of pyridine rings is 1. The van der Waals surface area contributed by atoms with Crippen molar-refractivity contribution in [1.29, 1.82) is 0 Å². The SMILES string of the molecule is O=C(O[C@H](Cc1cc(Cl)c(O)c(C(F)(F)F)c1)C(=O)N1CCN(c2ccncc2)CC1)N1CCC(N2Cc3ccsc3NC2=O)CC1. The molecule has 3 aliphatic rings. The van der Waals surface area contributed by atoms with Gasteiger partial charge in [0, 0.05) is 75.4 Å². The number of rotatable bonds is 6. The largest absolute Gasteiger partial charge is 0.506 e. The van der Waals surface area contributed by atoms with Gasteiger partial charge >= 0.3 is 18.3 Å². The summed E-state index contributed by atoms with van der Waals surface area (Å²) < 4.78 is 46.7. The maximum Gasteiger partial charge on any atom is 0.420 e. The molecule has 2 N–H and O–H groups in total. The van der Waals surface area contributed by atoms with E-state index in [1.807, 2.05) is 23.6 Å². The highest BCUT2D eigenvalue weighted by molar-refractivity contribution is 7.14. The summed E-state index contributed by atoms with van der Waals surface area (Å²) in [5, 5.41) is 15.1. The number of halogens is 4. The van der Waals surface area contributed by atoms with Crippen molar-refractivity contribution in [2.45, 2.75) is 44.1 Å². The molecule has 0 spiro atoms. The molecule has 0 unspecified atom stereocenters. The molecule has 1 atom stereocenters. The second-order valence-corrected chi connectivity index (χ2v) is 12.9. The molecule has 0 bridgehead atoms. The molecule has 0 saturated carbocycles. The molecule has 0 radical (unpaired) electrons. The number of hydrogen-bond donors (Lipinski definition) is 2. The Morgan fingerprint density at radius 1 is 1.06 bits per heavy atom. The van der Waals surface area contributed by atoms with Gasteiger partial charge in [-0.2, -0.15) is 13.2 Å². The summed E-state index contributed by atoms with van der Waals surface area (Å²) in [4.78, 5) is 50.8. The number of urea groups is 1. The van der Waals surface area contributed by atoms with E-state index in [1.54, 1.807) is 17.3 Å². The first-order valence-corrected chi connectivity index (χ1v) is 16.4. The number of ether oxygens (including phenoxy) is 1. The number of hydrogen-bond acceptors (Lipinski definition) is 8. The van der Waals surface area contributed by atoms with E-state index in [0.29, 0.717) is 51.6 Å². The van der Waals surface area contributed by atoms with E-state index in [1.165, 1.54) is 21.1 Å². The van der Waals surface area contributed by atoms with Gasteiger partial charge in [0.2, 0.25) is 0 Å². The summed E-state index contributed by atoms with van der Waals surface area (Å²) in [7, 11) is 0. The van der Waals surface area contributed by atoms with Gasteiger partial charge in [-0.15, -0.1) is 11.3 Å². The predicted molar refractivity (Wildman–Crippen MR) is 169 cm³/mol. The minimum absolute atomic E-state index is 0.0238. The fourth-order valence-corrected chi connectivity index (χ4v) is 7.21. The standard InChI is InChI=1S/C31H32ClF3N6O5S/c32-24-16-19(15-23(26(24)42)31(33,34)35)17-25(28(43)39-12-10-38(11-13-39)21-1-6-36-7-2-21)46-30(45)40-8-3-22(4-9-40)41-18-20-5-14-47-27(20)37-29(41)44/h1-2,5-7,14-16,22,25,42H,3-4,8-13,17-18H2,(H,37,44)/t25-/m1/s1. The van der Waals surface area contributed by atoms with Crippen LogP contribution in [0.15, 0.2) is 48.1 Å². The number of aromatic hydroxyl groups is 1. The second kappa shape index (κ2) is 13.5. The maximum atomic E-state index is 13.8. The number of nitrogens with one attached hydrogen (secondary N) is 1. The van der Waals surface area contributed by atoms with Crippen LogP contribution in [-0.2, 0) is 28.7 Å². The molecule has 2 saturated heterocycles. The van der Waals surface area contributed by atoms with Gasteiger partial charge in [0.25, 0.3) is 5.91 Å². The number of phenols is 1. The number of alkyl halides is 3. The predicted octanol–water partition coefficient (Wildman–Crippen LogP) is 5.43. The Labute approximate surface area is 277 Å². The summed E-state index contributed by atoms with van der Waals surface area (Å²) in [5.41, 5.74) is 0.600. The lowest BCUT2D eigenvalue weighted by Gasteiger charge is -2.40. The number of benzene rings is 1. The van der Waals surface area contributed by atoms with Crippen molar-refractivity contribution in [2.75, 3.05) is 49.5 Å². The summed E-state index contributed by atoms with van der Waals surface area (Å²) in [6.07, 6.45) is -3.19. The molecule has 2 aromatic heterocycles. The third kappa shape index (κ3) is 7.20. The van der Waals surface area contributed by atoms with Crippen LogP contribution < -0.4 is 10.2 Å². The molecule has 5 heterocycles. The van der Waals surface area contributed by atoms with Gasteiger partial charge in [0.1, 0.15) is 10.8 Å². The minimum Gasteiger partial charge on any atom is -0.506 e. The Balaban J connectivity index is 1.15. The molecule has 47 heavy (non-hydrogen) atoms. The number of fused-ring (bicyclic) bond motifs is 1. The van der Waals surface area contributed by atoms with E-state index in [9.17, 15) is 32.7 Å². The average molecular weight is 693 g/mol. The third-order valence-corrected chi connectivity index (χ3v) is 9.88. The Hall–Kier alpha value is -4.24. The lowest BCUT2D eigenvalue weighted by Crippen LogP contribution is -2.54. The maximum absolute atomic E-state index is 13.8. The van der Waals surface area contributed by atoms with E-state index in [2.05, 4.69) is 15.2 Å². The molecule has 2 fully saturated rings. The second-order valence-electron chi connectivity index (χ2n) is 11.6. The number of anilines is 2. The molecule has 4 amide bonds. The Bertz CT molecular complexity index is 1630. The van der Waals surface area contributed by atoms with E-state index in [-0.39, 0.29) is 37.1 Å². The van der Waals surface area contributed by atoms with Gasteiger partial charge in [-0.05, 0) is 54.1 Å². The van der Waals surface area contributed by atoms with Crippen molar-refractivity contribution in [3.63, 3.8) is 0 Å². The molecule has 6 rings (SSSR count). The first-order valence-electron chi connectivity index (χ1n) is 15.1. The van der Waals surface area contributed by atoms with Crippen LogP contribution in [0.5, 0.6) is 5.75 Å². The van der Waals surface area contributed by atoms with Crippen molar-refractivity contribution >= 4 is 51.7 Å². The van der Waals surface area contributed by atoms with Crippen LogP contribution in [0.2, 0.25) is 5.02 Å². The van der Waals surface area contributed by atoms with Crippen molar-refractivity contribution in [1.82, 2.24) is 19.7 Å². The lowest BCUT2D eigenvalue weighted by atomic mass is 10.0. The Kier molecular flexibility index (Phi) is 9.37. The smallest absolute Gasteiger partial charge is 0.420 e. The van der Waals surface area contributed by atoms with E-state index in [4.69, 9.17) is 16.3 Å². The quantitative estimate of drug-likeness (QED) is 0.354. The molecule has 1 aromatic carbocycles. The average Bonchev–Trinajstić information content (AvgIpc) is 3.52. The number of amides is 4. The zero-order valence-corrected chi connectivity index (χ0v) is 26.7. The third-order valence-electron chi connectivity index (χ3n) is 8.72. The summed E-state index contributed by atoms with van der Waals surface area (Å²) in [6, 6.07) is 7.22. The molecular formula is C31H32ClF3N6O5S. The van der Waals surface area contributed by atoms with Crippen LogP contribution in [-0.4, -0.2) is 94.2 Å². The summed E-state index contributed by atoms with van der Waals surface area (Å²) in [5.74, 6) is -1.66. The van der Waals surface area contributed by atoms with Crippen LogP contribution in [0.1, 0.15) is 29.5 Å². The van der Waals surface area contributed by atoms with Crippen molar-refractivity contribution < 1.29 is 37.4 Å². The van der Waals surface area contributed by atoms with Gasteiger partial charge in [-0.3, -0.25) is 15.1 Å². The van der Waals surface area contributed by atoms with E-state index >= 15 is 0 Å². The van der Waals surface area contributed by atoms with E-state index in [0.717, 1.165) is 22.3 Å². The number of phenolic OH excluding ortho intramolecular Hbond substituents is 1. The van der Waals surface area contributed by atoms with Crippen LogP contribution in [0, 0.1) is 0 Å². The highest BCUT2D eigenvalue weighted by Crippen LogP contribution is 2.41. The fraction of sp³-hybridized carbons (Fsp3) is 0.419. The number of piperidine rings is 1. The number of thiophene rings is 1. The number of nitrogens with zero attached hydrogens (tertiary/aromatic N) is 5. The van der Waals surface area contributed by atoms with Crippen LogP contribution in [0.25, 0.3) is 0 Å². The van der Waals surface area contributed by atoms with Crippen molar-refractivity contribution in [3.05, 3.63) is 69.8 Å². The monoisotopic (exact) mass is 692 g/mol. The van der Waals surface area contributed by atoms with Crippen molar-refractivity contribution in [2.24, 2.45) is 0 Å². The zero-order valence-electron chi connectivity index (χ0n) is 25.1. The normalized spacial score (nSPS) is 18.1. The first kappa shape index (κ1) is 32.7. The number of piperazine rings is 1. The molecule has 11 nitrogen and oxygen atoms in total. The molecular weight excluding hydrogens is 661 g/mol. The Morgan fingerprint density at radius 3 is 2.45 bits per heavy atom. The number of carbonyl (C=O) groups excluding carboxylic acids is 3. The highest BCUT2D eigenvalue weighted by atomic mass is 35.5. The van der Waals surface area contributed by atoms with Gasteiger partial charge in [-0.25, -0.2) is 9.59 Å². The van der Waals surface area contributed by atoms with Crippen LogP contribution in [0.3, 0.4) is 0 Å². The van der Waals surface area contributed by atoms with Gasteiger partial charge in [0.05, 0.1) is 17.1 Å². The molecule has 3 aliphatic heterocycles. The topological polar surface area (TPSA) is 119 Å². The van der Waals surface area contributed by atoms with Gasteiger partial charge in [0.15, 0.2) is 6.10 Å². The van der Waals surface area contributed by atoms with Crippen LogP contribution in [0.4, 0.5) is 33.4 Å². The summed E-state index contributed by atoms with van der Waals surface area (Å²) >= 11 is 7.41. The highest BCUT2D eigenvalue weighted by Gasteiger charge is 2.38. The molecule has 0 aliphatic carbocycles. The van der Waals surface area contributed by atoms with Crippen LogP contribution >= 0.6 is 22.9 Å². The molecule has 250 valence electrons. The van der Waals surface area contributed by atoms with Gasteiger partial charge < -0.3 is 29.4 Å². The Morgan fingerprint density at radius 2 is 1.77 bits per heavy atom. The van der Waals surface area contributed by atoms with Gasteiger partial charge in [-0.1, -0.05) is 11.6 Å². The number of likely N-dealkylation sites (tertiary alicyclic amines) is 1. The fourth-order valence-electron chi connectivity index (χ4n) is 6.17. The van der Waals surface area contributed by atoms with E-state index < -0.39 is 40.6 Å². The van der Waals surface area contributed by atoms with Crippen molar-refractivity contribution in [3.8, 4) is 5.75 Å². The zero-order chi connectivity index (χ0) is 33.3. The number of carbonyl (C=O) groups is 3. The summed E-state index contributed by atoms with van der Waals surface area (Å²) in [6.45, 7) is 2.58. The molecule has 16 heteroatoms. The first-order chi connectivity index (χ1) is 22.5. The lowest BCUT2D eigenvalue weighted by molar-refractivity contribution is -0.141. The number of aromatic nitrogens is 1.